The van der Waals surface area contributed by atoms with Crippen molar-refractivity contribution in [2.45, 2.75) is 0 Å². The van der Waals surface area contributed by atoms with Crippen LogP contribution in [0.4, 0.5) is 0 Å². The smallest absolute Gasteiger partial charge is 0.115 e. The molecule has 0 saturated carbocycles. The van der Waals surface area contributed by atoms with Gasteiger partial charge in [0.1, 0.15) is 6.33 Å². The number of aromatic nitrogens is 4. The summed E-state index contributed by atoms with van der Waals surface area (Å²) in [5, 5.41) is 6.21. The van der Waals surface area contributed by atoms with Crippen molar-refractivity contribution in [3.05, 3.63) is 43.2 Å². The Kier molecular flexibility index (Phi) is 7.29. The summed E-state index contributed by atoms with van der Waals surface area (Å²) in [7, 11) is 0. The topological polar surface area (TPSA) is 54.5 Å². The molecule has 0 bridgehead atoms. The van der Waals surface area contributed by atoms with Gasteiger partial charge in [-0.1, -0.05) is 0 Å². The van der Waals surface area contributed by atoms with Gasteiger partial charge in [-0.15, -0.1) is 0 Å². The zero-order chi connectivity index (χ0) is 7.78. The van der Waals surface area contributed by atoms with Crippen LogP contribution in [-0.4, -0.2) is 20.2 Å². The summed E-state index contributed by atoms with van der Waals surface area (Å²) >= 11 is 0. The summed E-state index contributed by atoms with van der Waals surface area (Å²) in [4.78, 5) is 7.35. The fraction of sp³-hybridized carbons (Fsp3) is 0. The van der Waals surface area contributed by atoms with Gasteiger partial charge < -0.3 is 0 Å². The minimum atomic E-state index is 0. The van der Waals surface area contributed by atoms with E-state index in [1.165, 1.54) is 6.33 Å². The van der Waals surface area contributed by atoms with E-state index >= 15 is 0 Å². The standard InChI is InChI=1S/C4H4N2.C3H4N2.Ru/c1-2-5-4-6-3-1;1-2-4-5-3-1;/h1-4H;1-3H,(H,4,5);. The zero-order valence-corrected chi connectivity index (χ0v) is 7.97. The van der Waals surface area contributed by atoms with E-state index in [2.05, 4.69) is 20.2 Å². The van der Waals surface area contributed by atoms with Crippen molar-refractivity contribution in [1.82, 2.24) is 20.2 Å². The van der Waals surface area contributed by atoms with Crippen LogP contribution in [0.2, 0.25) is 0 Å². The van der Waals surface area contributed by atoms with Crippen LogP contribution in [-0.2, 0) is 19.5 Å². The molecule has 0 aliphatic heterocycles. The second kappa shape index (κ2) is 8.01. The molecular formula is C7H8N4Ru. The second-order valence-corrected chi connectivity index (χ2v) is 1.67. The Hall–Kier alpha value is -1.09. The van der Waals surface area contributed by atoms with Crippen LogP contribution in [0.15, 0.2) is 43.2 Å². The molecule has 1 N–H and O–H groups in total. The minimum absolute atomic E-state index is 0. The van der Waals surface area contributed by atoms with Gasteiger partial charge in [0.05, 0.1) is 0 Å². The van der Waals surface area contributed by atoms with Crippen molar-refractivity contribution in [3.63, 3.8) is 0 Å². The van der Waals surface area contributed by atoms with E-state index < -0.39 is 0 Å². The Morgan fingerprint density at radius 2 is 1.67 bits per heavy atom. The molecule has 0 aliphatic rings. The Bertz CT molecular complexity index is 201. The molecule has 0 amide bonds. The molecule has 2 aromatic heterocycles. The largest absolute Gasteiger partial charge is 0.286 e. The number of nitrogens with zero attached hydrogens (tertiary/aromatic N) is 3. The normalized spacial score (nSPS) is 7.33. The van der Waals surface area contributed by atoms with E-state index in [-0.39, 0.29) is 19.5 Å². The molecular weight excluding hydrogens is 241 g/mol. The number of nitrogens with one attached hydrogen (secondary N) is 1. The number of H-pyrrole nitrogens is 1. The van der Waals surface area contributed by atoms with Gasteiger partial charge in [0.15, 0.2) is 0 Å². The van der Waals surface area contributed by atoms with Crippen LogP contribution in [0.5, 0.6) is 0 Å². The van der Waals surface area contributed by atoms with Crippen LogP contribution in [0.1, 0.15) is 0 Å². The first kappa shape index (κ1) is 10.9. The molecule has 2 rings (SSSR count). The molecule has 2 aromatic rings. The maximum atomic E-state index is 3.67. The Morgan fingerprint density at radius 1 is 0.917 bits per heavy atom. The first-order valence-corrected chi connectivity index (χ1v) is 3.14. The molecule has 0 aromatic carbocycles. The molecule has 0 unspecified atom stereocenters. The minimum Gasteiger partial charge on any atom is -0.286 e. The molecule has 0 fully saturated rings. The van der Waals surface area contributed by atoms with Gasteiger partial charge in [-0.05, 0) is 12.1 Å². The average Bonchev–Trinajstić information content (AvgIpc) is 2.64. The molecule has 0 aliphatic carbocycles. The SMILES string of the molecule is [Ru].c1cn[nH]c1.c1cncnc1. The molecule has 0 spiro atoms. The zero-order valence-electron chi connectivity index (χ0n) is 6.24. The molecule has 0 radical (unpaired) electrons. The number of hydrogen-bond donors (Lipinski definition) is 1. The van der Waals surface area contributed by atoms with Crippen LogP contribution >= 0.6 is 0 Å². The Morgan fingerprint density at radius 3 is 1.83 bits per heavy atom. The second-order valence-electron chi connectivity index (χ2n) is 1.67. The van der Waals surface area contributed by atoms with Crippen LogP contribution in [0.25, 0.3) is 0 Å². The molecule has 4 nitrogen and oxygen atoms in total. The van der Waals surface area contributed by atoms with Crippen molar-refractivity contribution in [3.8, 4) is 0 Å². The predicted molar refractivity (Wildman–Crippen MR) is 40.6 cm³/mol. The van der Waals surface area contributed by atoms with Crippen molar-refractivity contribution in [2.24, 2.45) is 0 Å². The van der Waals surface area contributed by atoms with Crippen molar-refractivity contribution < 1.29 is 19.5 Å². The van der Waals surface area contributed by atoms with Gasteiger partial charge in [-0.3, -0.25) is 5.10 Å². The summed E-state index contributed by atoms with van der Waals surface area (Å²) in [6.07, 6.45) is 8.33. The fourth-order valence-corrected chi connectivity index (χ4v) is 0.469. The van der Waals surface area contributed by atoms with E-state index in [0.29, 0.717) is 0 Å². The Labute approximate surface area is 83.2 Å². The third-order valence-electron chi connectivity index (χ3n) is 0.883. The molecule has 64 valence electrons. The third-order valence-corrected chi connectivity index (χ3v) is 0.883. The first-order valence-electron chi connectivity index (χ1n) is 3.14. The van der Waals surface area contributed by atoms with Crippen molar-refractivity contribution >= 4 is 0 Å². The molecule has 12 heavy (non-hydrogen) atoms. The summed E-state index contributed by atoms with van der Waals surface area (Å²) in [5.41, 5.74) is 0. The van der Waals surface area contributed by atoms with E-state index in [1.807, 2.05) is 6.07 Å². The summed E-state index contributed by atoms with van der Waals surface area (Å²) in [6, 6.07) is 3.61. The van der Waals surface area contributed by atoms with Crippen LogP contribution < -0.4 is 0 Å². The van der Waals surface area contributed by atoms with Gasteiger partial charge in [0.2, 0.25) is 0 Å². The summed E-state index contributed by atoms with van der Waals surface area (Å²) < 4.78 is 0. The van der Waals surface area contributed by atoms with Crippen molar-refractivity contribution in [2.75, 3.05) is 0 Å². The third kappa shape index (κ3) is 5.68. The van der Waals surface area contributed by atoms with Crippen molar-refractivity contribution in [1.29, 1.82) is 0 Å². The number of aromatic amines is 1. The van der Waals surface area contributed by atoms with E-state index in [1.54, 1.807) is 30.9 Å². The maximum absolute atomic E-state index is 3.67. The molecule has 0 atom stereocenters. The van der Waals surface area contributed by atoms with Gasteiger partial charge in [-0.25, -0.2) is 9.97 Å². The van der Waals surface area contributed by atoms with Crippen LogP contribution in [0, 0.1) is 0 Å². The monoisotopic (exact) mass is 250 g/mol. The predicted octanol–water partition coefficient (Wildman–Crippen LogP) is 0.884. The quantitative estimate of drug-likeness (QED) is 0.705. The van der Waals surface area contributed by atoms with Gasteiger partial charge in [-0.2, -0.15) is 5.10 Å². The maximum Gasteiger partial charge on any atom is 0.115 e. The van der Waals surface area contributed by atoms with E-state index in [9.17, 15) is 0 Å². The van der Waals surface area contributed by atoms with Gasteiger partial charge >= 0.3 is 0 Å². The molecule has 0 saturated heterocycles. The Balaban J connectivity index is 0.000000189. The van der Waals surface area contributed by atoms with E-state index in [0.717, 1.165) is 0 Å². The molecule has 5 heteroatoms. The van der Waals surface area contributed by atoms with Crippen LogP contribution in [0.3, 0.4) is 0 Å². The van der Waals surface area contributed by atoms with E-state index in [4.69, 9.17) is 0 Å². The summed E-state index contributed by atoms with van der Waals surface area (Å²) in [5.74, 6) is 0. The number of hydrogen-bond acceptors (Lipinski definition) is 3. The van der Waals surface area contributed by atoms with Gasteiger partial charge in [0, 0.05) is 44.3 Å². The fourth-order valence-electron chi connectivity index (χ4n) is 0.469. The summed E-state index contributed by atoms with van der Waals surface area (Å²) in [6.45, 7) is 0. The molecule has 2 heterocycles. The van der Waals surface area contributed by atoms with Gasteiger partial charge in [0.25, 0.3) is 0 Å². The number of rotatable bonds is 0. The average molecular weight is 249 g/mol. The first-order chi connectivity index (χ1) is 5.50.